The van der Waals surface area contributed by atoms with Crippen LogP contribution in [0, 0.1) is 0 Å². The maximum Gasteiger partial charge on any atom is 0.338 e. The molecule has 0 aliphatic heterocycles. The summed E-state index contributed by atoms with van der Waals surface area (Å²) in [6.45, 7) is 10.6. The molecule has 122 valence electrons. The average molecular weight is 334 g/mol. The summed E-state index contributed by atoms with van der Waals surface area (Å²) in [4.78, 5) is 14.0. The van der Waals surface area contributed by atoms with Gasteiger partial charge in [-0.1, -0.05) is 18.2 Å². The minimum Gasteiger partial charge on any atom is -0.507 e. The fourth-order valence-electron chi connectivity index (χ4n) is 2.42. The lowest BCUT2D eigenvalue weighted by Crippen LogP contribution is -2.23. The summed E-state index contributed by atoms with van der Waals surface area (Å²) in [6.07, 6.45) is 0. The van der Waals surface area contributed by atoms with Crippen LogP contribution in [-0.4, -0.2) is 24.2 Å². The lowest BCUT2D eigenvalue weighted by atomic mass is 10.1. The molecule has 0 unspecified atom stereocenters. The molecule has 0 atom stereocenters. The molecule has 4 nitrogen and oxygen atoms in total. The summed E-state index contributed by atoms with van der Waals surface area (Å²) < 4.78 is 5.57. The van der Waals surface area contributed by atoms with Crippen LogP contribution in [0.1, 0.15) is 20.8 Å². The second-order valence-electron chi connectivity index (χ2n) is 5.28. The van der Waals surface area contributed by atoms with Gasteiger partial charge in [0.25, 0.3) is 0 Å². The van der Waals surface area contributed by atoms with Gasteiger partial charge in [0, 0.05) is 40.5 Å². The van der Waals surface area contributed by atoms with E-state index in [9.17, 15) is 9.90 Å². The fourth-order valence-corrected chi connectivity index (χ4v) is 2.60. The van der Waals surface area contributed by atoms with Crippen LogP contribution in [0.3, 0.4) is 0 Å². The standard InChI is InChI=1S/C18H20ClNO3/c1-5-20(6-2)15-10-16(21)14-9-12(19)7-8-13(14)17(15)23-18(22)11(3)4/h7-10,21H,3,5-6H2,1-2,4H3. The van der Waals surface area contributed by atoms with E-state index in [0.717, 1.165) is 0 Å². The zero-order valence-corrected chi connectivity index (χ0v) is 14.3. The van der Waals surface area contributed by atoms with E-state index in [4.69, 9.17) is 16.3 Å². The van der Waals surface area contributed by atoms with Crippen molar-refractivity contribution in [1.29, 1.82) is 0 Å². The molecule has 0 radical (unpaired) electrons. The molecule has 0 spiro atoms. The van der Waals surface area contributed by atoms with Crippen molar-refractivity contribution < 1.29 is 14.6 Å². The van der Waals surface area contributed by atoms with Gasteiger partial charge in [-0.25, -0.2) is 4.79 Å². The smallest absolute Gasteiger partial charge is 0.338 e. The second kappa shape index (κ2) is 6.92. The third-order valence-electron chi connectivity index (χ3n) is 3.66. The Bertz CT molecular complexity index is 766. The Kier molecular flexibility index (Phi) is 5.16. The largest absolute Gasteiger partial charge is 0.507 e. The fraction of sp³-hybridized carbons (Fsp3) is 0.278. The van der Waals surface area contributed by atoms with E-state index >= 15 is 0 Å². The van der Waals surface area contributed by atoms with Crippen molar-refractivity contribution in [3.05, 3.63) is 41.4 Å². The molecule has 0 aliphatic carbocycles. The molecule has 2 aromatic rings. The van der Waals surface area contributed by atoms with Crippen molar-refractivity contribution in [2.75, 3.05) is 18.0 Å². The quantitative estimate of drug-likeness (QED) is 0.496. The van der Waals surface area contributed by atoms with Gasteiger partial charge in [-0.05, 0) is 39.0 Å². The Morgan fingerprint density at radius 3 is 2.48 bits per heavy atom. The number of phenols is 1. The van der Waals surface area contributed by atoms with E-state index in [1.54, 1.807) is 31.2 Å². The molecule has 0 fully saturated rings. The topological polar surface area (TPSA) is 49.8 Å². The molecule has 2 aromatic carbocycles. The lowest BCUT2D eigenvalue weighted by Gasteiger charge is -2.25. The molecule has 2 rings (SSSR count). The molecule has 23 heavy (non-hydrogen) atoms. The number of anilines is 1. The van der Waals surface area contributed by atoms with Crippen LogP contribution in [0.5, 0.6) is 11.5 Å². The lowest BCUT2D eigenvalue weighted by molar-refractivity contribution is -0.129. The van der Waals surface area contributed by atoms with E-state index in [1.807, 2.05) is 18.7 Å². The molecular formula is C18H20ClNO3. The normalized spacial score (nSPS) is 10.6. The third-order valence-corrected chi connectivity index (χ3v) is 3.89. The Balaban J connectivity index is 2.75. The number of esters is 1. The first kappa shape index (κ1) is 17.2. The Morgan fingerprint density at radius 2 is 1.91 bits per heavy atom. The predicted octanol–water partition coefficient (Wildman–Crippen LogP) is 4.53. The summed E-state index contributed by atoms with van der Waals surface area (Å²) in [5.41, 5.74) is 0.975. The maximum atomic E-state index is 12.0. The highest BCUT2D eigenvalue weighted by Gasteiger charge is 2.20. The number of nitrogens with zero attached hydrogens (tertiary/aromatic N) is 1. The van der Waals surface area contributed by atoms with Gasteiger partial charge < -0.3 is 14.7 Å². The van der Waals surface area contributed by atoms with Gasteiger partial charge in [-0.2, -0.15) is 0 Å². The van der Waals surface area contributed by atoms with Gasteiger partial charge in [0.05, 0.1) is 5.69 Å². The van der Waals surface area contributed by atoms with Crippen molar-refractivity contribution in [2.45, 2.75) is 20.8 Å². The molecule has 0 aromatic heterocycles. The van der Waals surface area contributed by atoms with Crippen molar-refractivity contribution in [1.82, 2.24) is 0 Å². The van der Waals surface area contributed by atoms with Crippen molar-refractivity contribution in [2.24, 2.45) is 0 Å². The van der Waals surface area contributed by atoms with Crippen LogP contribution in [-0.2, 0) is 4.79 Å². The summed E-state index contributed by atoms with van der Waals surface area (Å²) >= 11 is 6.01. The number of hydrogen-bond acceptors (Lipinski definition) is 4. The van der Waals surface area contributed by atoms with Crippen LogP contribution in [0.15, 0.2) is 36.4 Å². The highest BCUT2D eigenvalue weighted by Crippen LogP contribution is 2.42. The number of benzene rings is 2. The van der Waals surface area contributed by atoms with Gasteiger partial charge in [0.15, 0.2) is 5.75 Å². The Labute approximate surface area is 140 Å². The van der Waals surface area contributed by atoms with Crippen LogP contribution in [0.4, 0.5) is 5.69 Å². The first-order chi connectivity index (χ1) is 10.9. The molecule has 0 amide bonds. The highest BCUT2D eigenvalue weighted by atomic mass is 35.5. The number of carbonyl (C=O) groups is 1. The van der Waals surface area contributed by atoms with Gasteiger partial charge >= 0.3 is 5.97 Å². The van der Waals surface area contributed by atoms with E-state index in [2.05, 4.69) is 6.58 Å². The van der Waals surface area contributed by atoms with E-state index < -0.39 is 5.97 Å². The number of phenolic OH excluding ortho intramolecular Hbond substituents is 1. The van der Waals surface area contributed by atoms with Crippen molar-refractivity contribution >= 4 is 34.0 Å². The van der Waals surface area contributed by atoms with Crippen LogP contribution >= 0.6 is 11.6 Å². The van der Waals surface area contributed by atoms with Crippen molar-refractivity contribution in [3.63, 3.8) is 0 Å². The maximum absolute atomic E-state index is 12.0. The molecule has 0 bridgehead atoms. The molecule has 0 heterocycles. The number of aromatic hydroxyl groups is 1. The van der Waals surface area contributed by atoms with Crippen molar-refractivity contribution in [3.8, 4) is 11.5 Å². The monoisotopic (exact) mass is 333 g/mol. The average Bonchev–Trinajstić information content (AvgIpc) is 2.51. The predicted molar refractivity (Wildman–Crippen MR) is 94.6 cm³/mol. The summed E-state index contributed by atoms with van der Waals surface area (Å²) in [6, 6.07) is 6.70. The number of fused-ring (bicyclic) bond motifs is 1. The van der Waals surface area contributed by atoms with Crippen LogP contribution < -0.4 is 9.64 Å². The summed E-state index contributed by atoms with van der Waals surface area (Å²) in [5, 5.41) is 12.0. The number of hydrogen-bond donors (Lipinski definition) is 1. The number of rotatable bonds is 5. The summed E-state index contributed by atoms with van der Waals surface area (Å²) in [7, 11) is 0. The molecular weight excluding hydrogens is 314 g/mol. The Morgan fingerprint density at radius 1 is 1.26 bits per heavy atom. The third kappa shape index (κ3) is 3.42. The van der Waals surface area contributed by atoms with Gasteiger partial charge in [0.2, 0.25) is 0 Å². The Hall–Kier alpha value is -2.20. The van der Waals surface area contributed by atoms with Gasteiger partial charge in [0.1, 0.15) is 5.75 Å². The zero-order chi connectivity index (χ0) is 17.1. The molecule has 0 saturated heterocycles. The zero-order valence-electron chi connectivity index (χ0n) is 13.5. The molecule has 1 N–H and O–H groups in total. The second-order valence-corrected chi connectivity index (χ2v) is 5.71. The summed E-state index contributed by atoms with van der Waals surface area (Å²) in [5.74, 6) is 0.00559. The van der Waals surface area contributed by atoms with E-state index in [0.29, 0.717) is 45.9 Å². The van der Waals surface area contributed by atoms with Gasteiger partial charge in [-0.3, -0.25) is 0 Å². The highest BCUT2D eigenvalue weighted by molar-refractivity contribution is 6.31. The number of ether oxygens (including phenoxy) is 1. The minimum atomic E-state index is -0.500. The number of halogens is 1. The molecule has 0 saturated carbocycles. The van der Waals surface area contributed by atoms with Gasteiger partial charge in [-0.15, -0.1) is 0 Å². The molecule has 0 aliphatic rings. The SMILES string of the molecule is C=C(C)C(=O)Oc1c(N(CC)CC)cc(O)c2cc(Cl)ccc12. The molecule has 5 heteroatoms. The first-order valence-electron chi connectivity index (χ1n) is 7.46. The minimum absolute atomic E-state index is 0.0968. The van der Waals surface area contributed by atoms with Crippen LogP contribution in [0.25, 0.3) is 10.8 Å². The van der Waals surface area contributed by atoms with Crippen LogP contribution in [0.2, 0.25) is 5.02 Å². The van der Waals surface area contributed by atoms with E-state index in [1.165, 1.54) is 0 Å². The number of carbonyl (C=O) groups excluding carboxylic acids is 1. The van der Waals surface area contributed by atoms with E-state index in [-0.39, 0.29) is 5.75 Å². The first-order valence-corrected chi connectivity index (χ1v) is 7.84.